The molecule has 0 aromatic heterocycles. The average Bonchev–Trinajstić information content (AvgIpc) is 2.44. The van der Waals surface area contributed by atoms with E-state index in [0.29, 0.717) is 17.9 Å². The molecule has 1 saturated carbocycles. The second-order valence-electron chi connectivity index (χ2n) is 6.52. The van der Waals surface area contributed by atoms with Gasteiger partial charge in [-0.2, -0.15) is 0 Å². The fourth-order valence-electron chi connectivity index (χ4n) is 3.63. The Balaban J connectivity index is 1.58. The molecule has 1 unspecified atom stereocenters. The largest absolute Gasteiger partial charge is 0.345 e. The molecule has 3 nitrogen and oxygen atoms in total. The Morgan fingerprint density at radius 1 is 1.30 bits per heavy atom. The van der Waals surface area contributed by atoms with Crippen molar-refractivity contribution in [2.24, 2.45) is 17.6 Å². The van der Waals surface area contributed by atoms with Crippen molar-refractivity contribution in [2.45, 2.75) is 38.1 Å². The maximum absolute atomic E-state index is 12.6. The van der Waals surface area contributed by atoms with Gasteiger partial charge in [0.2, 0.25) is 5.91 Å². The van der Waals surface area contributed by atoms with Crippen molar-refractivity contribution in [3.05, 3.63) is 35.4 Å². The summed E-state index contributed by atoms with van der Waals surface area (Å²) in [5.41, 5.74) is 8.59. The van der Waals surface area contributed by atoms with Gasteiger partial charge in [0.15, 0.2) is 0 Å². The standard InChI is InChI=1S/C17H24N2O/c1-19(11-12-8-16(18)9-12)17(20)15-7-6-13-4-2-3-5-14(13)10-15/h2-5,12,15-16H,6-11,18H2,1H3. The van der Waals surface area contributed by atoms with Crippen molar-refractivity contribution < 1.29 is 4.79 Å². The highest BCUT2D eigenvalue weighted by Crippen LogP contribution is 2.29. The van der Waals surface area contributed by atoms with Crippen LogP contribution in [0.4, 0.5) is 0 Å². The number of carbonyl (C=O) groups is 1. The van der Waals surface area contributed by atoms with Gasteiger partial charge in [-0.1, -0.05) is 24.3 Å². The molecule has 20 heavy (non-hydrogen) atoms. The second kappa shape index (κ2) is 5.57. The van der Waals surface area contributed by atoms with Crippen molar-refractivity contribution in [1.82, 2.24) is 4.90 Å². The SMILES string of the molecule is CN(CC1CC(N)C1)C(=O)C1CCc2ccccc2C1. The van der Waals surface area contributed by atoms with Crippen LogP contribution in [-0.4, -0.2) is 30.4 Å². The first kappa shape index (κ1) is 13.6. The molecular weight excluding hydrogens is 248 g/mol. The second-order valence-corrected chi connectivity index (χ2v) is 6.52. The summed E-state index contributed by atoms with van der Waals surface area (Å²) < 4.78 is 0. The normalized spacial score (nSPS) is 28.4. The Morgan fingerprint density at radius 3 is 2.70 bits per heavy atom. The maximum atomic E-state index is 12.6. The summed E-state index contributed by atoms with van der Waals surface area (Å²) in [6.45, 7) is 0.880. The van der Waals surface area contributed by atoms with Crippen LogP contribution >= 0.6 is 0 Å². The lowest BCUT2D eigenvalue weighted by molar-refractivity contribution is -0.135. The zero-order chi connectivity index (χ0) is 14.1. The van der Waals surface area contributed by atoms with Gasteiger partial charge in [-0.15, -0.1) is 0 Å². The van der Waals surface area contributed by atoms with Gasteiger partial charge in [-0.3, -0.25) is 4.79 Å². The topological polar surface area (TPSA) is 46.3 Å². The molecule has 2 aliphatic rings. The number of nitrogens with two attached hydrogens (primary N) is 1. The zero-order valence-corrected chi connectivity index (χ0v) is 12.2. The first-order valence-corrected chi connectivity index (χ1v) is 7.71. The predicted octanol–water partition coefficient (Wildman–Crippen LogP) is 1.99. The first-order chi connectivity index (χ1) is 9.63. The molecule has 0 heterocycles. The van der Waals surface area contributed by atoms with Crippen molar-refractivity contribution in [2.75, 3.05) is 13.6 Å². The fraction of sp³-hybridized carbons (Fsp3) is 0.588. The predicted molar refractivity (Wildman–Crippen MR) is 80.3 cm³/mol. The monoisotopic (exact) mass is 272 g/mol. The van der Waals surface area contributed by atoms with Gasteiger partial charge in [0.25, 0.3) is 0 Å². The number of benzene rings is 1. The Kier molecular flexibility index (Phi) is 3.79. The highest BCUT2D eigenvalue weighted by Gasteiger charge is 2.31. The molecule has 3 heteroatoms. The van der Waals surface area contributed by atoms with Crippen LogP contribution in [0.25, 0.3) is 0 Å². The summed E-state index contributed by atoms with van der Waals surface area (Å²) >= 11 is 0. The van der Waals surface area contributed by atoms with E-state index in [1.807, 2.05) is 11.9 Å². The molecule has 0 radical (unpaired) electrons. The highest BCUT2D eigenvalue weighted by atomic mass is 16.2. The number of fused-ring (bicyclic) bond motifs is 1. The molecule has 1 aromatic rings. The van der Waals surface area contributed by atoms with Crippen molar-refractivity contribution in [1.29, 1.82) is 0 Å². The van der Waals surface area contributed by atoms with Crippen molar-refractivity contribution >= 4 is 5.91 Å². The van der Waals surface area contributed by atoms with Crippen molar-refractivity contribution in [3.8, 4) is 0 Å². The van der Waals surface area contributed by atoms with Gasteiger partial charge >= 0.3 is 0 Å². The molecule has 0 bridgehead atoms. The van der Waals surface area contributed by atoms with Crippen molar-refractivity contribution in [3.63, 3.8) is 0 Å². The summed E-state index contributed by atoms with van der Waals surface area (Å²) in [4.78, 5) is 14.5. The first-order valence-electron chi connectivity index (χ1n) is 7.71. The van der Waals surface area contributed by atoms with E-state index in [-0.39, 0.29) is 5.92 Å². The number of nitrogens with zero attached hydrogens (tertiary/aromatic N) is 1. The van der Waals surface area contributed by atoms with E-state index in [4.69, 9.17) is 5.73 Å². The smallest absolute Gasteiger partial charge is 0.225 e. The van der Waals surface area contributed by atoms with E-state index >= 15 is 0 Å². The van der Waals surface area contributed by atoms with Gasteiger partial charge in [-0.05, 0) is 49.1 Å². The van der Waals surface area contributed by atoms with Gasteiger partial charge in [0.05, 0.1) is 0 Å². The van der Waals surface area contributed by atoms with Gasteiger partial charge in [0, 0.05) is 25.6 Å². The van der Waals surface area contributed by atoms with Crippen LogP contribution in [0.2, 0.25) is 0 Å². The molecular formula is C17H24N2O. The summed E-state index contributed by atoms with van der Waals surface area (Å²) in [5, 5.41) is 0. The molecule has 1 amide bonds. The molecule has 1 atom stereocenters. The van der Waals surface area contributed by atoms with Crippen LogP contribution in [0.3, 0.4) is 0 Å². The summed E-state index contributed by atoms with van der Waals surface area (Å²) in [7, 11) is 1.95. The minimum Gasteiger partial charge on any atom is -0.345 e. The molecule has 0 spiro atoms. The quantitative estimate of drug-likeness (QED) is 0.914. The number of amides is 1. The average molecular weight is 272 g/mol. The van der Waals surface area contributed by atoms with Crippen LogP contribution in [0.5, 0.6) is 0 Å². The molecule has 1 fully saturated rings. The lowest BCUT2D eigenvalue weighted by Gasteiger charge is -2.36. The number of hydrogen-bond acceptors (Lipinski definition) is 2. The van der Waals surface area contributed by atoms with Crippen LogP contribution in [0, 0.1) is 11.8 Å². The van der Waals surface area contributed by atoms with Crippen LogP contribution in [0.15, 0.2) is 24.3 Å². The molecule has 1 aromatic carbocycles. The molecule has 108 valence electrons. The maximum Gasteiger partial charge on any atom is 0.225 e. The van der Waals surface area contributed by atoms with E-state index in [9.17, 15) is 4.79 Å². The molecule has 3 rings (SSSR count). The van der Waals surface area contributed by atoms with E-state index in [2.05, 4.69) is 24.3 Å². The highest BCUT2D eigenvalue weighted by molar-refractivity contribution is 5.79. The molecule has 0 aliphatic heterocycles. The summed E-state index contributed by atoms with van der Waals surface area (Å²) in [6, 6.07) is 8.89. The summed E-state index contributed by atoms with van der Waals surface area (Å²) in [6.07, 6.45) is 5.08. The number of rotatable bonds is 3. The third-order valence-electron chi connectivity index (χ3n) is 4.88. The van der Waals surface area contributed by atoms with E-state index < -0.39 is 0 Å². The minimum absolute atomic E-state index is 0.170. The Morgan fingerprint density at radius 2 is 2.00 bits per heavy atom. The van der Waals surface area contributed by atoms with Gasteiger partial charge < -0.3 is 10.6 Å². The van der Waals surface area contributed by atoms with Gasteiger partial charge in [0.1, 0.15) is 0 Å². The Labute approximate surface area is 121 Å². The molecule has 2 N–H and O–H groups in total. The number of hydrogen-bond donors (Lipinski definition) is 1. The summed E-state index contributed by atoms with van der Waals surface area (Å²) in [5.74, 6) is 1.11. The lowest BCUT2D eigenvalue weighted by Crippen LogP contribution is -2.45. The lowest BCUT2D eigenvalue weighted by atomic mass is 9.80. The zero-order valence-electron chi connectivity index (χ0n) is 12.2. The Hall–Kier alpha value is -1.35. The van der Waals surface area contributed by atoms with E-state index in [0.717, 1.165) is 38.6 Å². The molecule has 0 saturated heterocycles. The Bertz CT molecular complexity index is 494. The number of carbonyl (C=O) groups excluding carboxylic acids is 1. The third kappa shape index (κ3) is 2.73. The van der Waals surface area contributed by atoms with Crippen LogP contribution < -0.4 is 5.73 Å². The van der Waals surface area contributed by atoms with Crippen LogP contribution in [0.1, 0.15) is 30.4 Å². The van der Waals surface area contributed by atoms with Crippen LogP contribution in [-0.2, 0) is 17.6 Å². The van der Waals surface area contributed by atoms with Gasteiger partial charge in [-0.25, -0.2) is 0 Å². The third-order valence-corrected chi connectivity index (χ3v) is 4.88. The van der Waals surface area contributed by atoms with E-state index in [1.165, 1.54) is 11.1 Å². The fourth-order valence-corrected chi connectivity index (χ4v) is 3.63. The number of aryl methyl sites for hydroxylation is 1. The molecule has 2 aliphatic carbocycles. The van der Waals surface area contributed by atoms with E-state index in [1.54, 1.807) is 0 Å². The minimum atomic E-state index is 0.170.